The summed E-state index contributed by atoms with van der Waals surface area (Å²) in [4.78, 5) is 0. The van der Waals surface area contributed by atoms with Crippen LogP contribution in [-0.2, 0) is 32.1 Å². The molecule has 3 aromatic rings. The van der Waals surface area contributed by atoms with Crippen molar-refractivity contribution in [2.24, 2.45) is 0 Å². The molecule has 0 aliphatic rings. The highest BCUT2D eigenvalue weighted by atomic mass is 32.2. The van der Waals surface area contributed by atoms with E-state index in [1.165, 1.54) is 0 Å². The van der Waals surface area contributed by atoms with Gasteiger partial charge in [-0.05, 0) is 41.2 Å². The van der Waals surface area contributed by atoms with E-state index in [0.717, 1.165) is 16.7 Å². The minimum atomic E-state index is -3.59. The number of hydrogen-bond acceptors (Lipinski definition) is 3. The fraction of sp³-hybridized carbons (Fsp3) is 0.250. The molecule has 0 saturated heterocycles. The summed E-state index contributed by atoms with van der Waals surface area (Å²) in [6.07, 6.45) is 0.550. The third-order valence-corrected chi connectivity index (χ3v) is 11.4. The van der Waals surface area contributed by atoms with Gasteiger partial charge in [-0.1, -0.05) is 97.9 Å². The lowest BCUT2D eigenvalue weighted by Crippen LogP contribution is -2.49. The summed E-state index contributed by atoms with van der Waals surface area (Å²) >= 11 is 0. The average Bonchev–Trinajstić information content (AvgIpc) is 2.69. The van der Waals surface area contributed by atoms with Crippen LogP contribution in [0.15, 0.2) is 91.0 Å². The molecule has 3 rings (SSSR count). The van der Waals surface area contributed by atoms with E-state index in [1.807, 2.05) is 61.5 Å². The molecule has 0 N–H and O–H groups in total. The van der Waals surface area contributed by atoms with Crippen molar-refractivity contribution in [3.8, 4) is 0 Å². The molecule has 0 heterocycles. The molecule has 5 heteroatoms. The maximum absolute atomic E-state index is 12.8. The molecule has 0 saturated carbocycles. The Kier molecular flexibility index (Phi) is 7.42. The fourth-order valence-corrected chi connectivity index (χ4v) is 10.7. The van der Waals surface area contributed by atoms with E-state index in [-0.39, 0.29) is 5.75 Å². The van der Waals surface area contributed by atoms with Crippen LogP contribution in [0.1, 0.15) is 30.0 Å². The Morgan fingerprint density at radius 1 is 0.655 bits per heavy atom. The van der Waals surface area contributed by atoms with Crippen molar-refractivity contribution in [1.82, 2.24) is 0 Å². The van der Waals surface area contributed by atoms with Crippen molar-refractivity contribution in [3.05, 3.63) is 108 Å². The molecule has 3 nitrogen and oxygen atoms in total. The van der Waals surface area contributed by atoms with Gasteiger partial charge in [-0.3, -0.25) is 0 Å². The Morgan fingerprint density at radius 2 is 1.00 bits per heavy atom. The molecular formula is C24H28O3SSi. The largest absolute Gasteiger partial charge is 0.314 e. The standard InChI is InChI=1S/C24H28O3SSi/c1-2-18-28(25,26)27-29(19-22-12-6-3-7-13-22,20-23-14-8-4-9-15-23)21-24-16-10-5-11-17-24/h3-17H,2,18-21H2,1H3. The summed E-state index contributed by atoms with van der Waals surface area (Å²) in [6, 6.07) is 32.3. The molecule has 3 aromatic carbocycles. The number of benzene rings is 3. The van der Waals surface area contributed by atoms with Crippen molar-refractivity contribution in [3.63, 3.8) is 0 Å². The predicted molar refractivity (Wildman–Crippen MR) is 121 cm³/mol. The molecule has 0 fully saturated rings. The minimum Gasteiger partial charge on any atom is -0.314 e. The van der Waals surface area contributed by atoms with E-state index in [4.69, 9.17) is 3.87 Å². The second kappa shape index (κ2) is 10.0. The van der Waals surface area contributed by atoms with Crippen molar-refractivity contribution >= 4 is 18.4 Å². The average molecular weight is 425 g/mol. The topological polar surface area (TPSA) is 43.4 Å². The highest BCUT2D eigenvalue weighted by Crippen LogP contribution is 2.26. The Labute approximate surface area is 175 Å². The Bertz CT molecular complexity index is 873. The molecule has 0 aromatic heterocycles. The van der Waals surface area contributed by atoms with Gasteiger partial charge in [0.25, 0.3) is 10.1 Å². The first kappa shape index (κ1) is 21.5. The smallest absolute Gasteiger partial charge is 0.257 e. The van der Waals surface area contributed by atoms with Gasteiger partial charge in [-0.25, -0.2) is 8.42 Å². The molecule has 29 heavy (non-hydrogen) atoms. The molecule has 0 atom stereocenters. The molecule has 0 spiro atoms. The normalized spacial score (nSPS) is 12.0. The van der Waals surface area contributed by atoms with Crippen LogP contribution in [0.4, 0.5) is 0 Å². The first-order valence-corrected chi connectivity index (χ1v) is 14.2. The van der Waals surface area contributed by atoms with Gasteiger partial charge >= 0.3 is 0 Å². The van der Waals surface area contributed by atoms with Crippen LogP contribution in [0, 0.1) is 0 Å². The van der Waals surface area contributed by atoms with Crippen LogP contribution >= 0.6 is 0 Å². The highest BCUT2D eigenvalue weighted by molar-refractivity contribution is 7.87. The lowest BCUT2D eigenvalue weighted by molar-refractivity contribution is 0.470. The van der Waals surface area contributed by atoms with Gasteiger partial charge < -0.3 is 3.87 Å². The third kappa shape index (κ3) is 6.67. The van der Waals surface area contributed by atoms with Gasteiger partial charge in [-0.2, -0.15) is 0 Å². The van der Waals surface area contributed by atoms with Crippen LogP contribution < -0.4 is 0 Å². The van der Waals surface area contributed by atoms with E-state index < -0.39 is 18.4 Å². The molecule has 0 aliphatic heterocycles. The van der Waals surface area contributed by atoms with Gasteiger partial charge in [0.05, 0.1) is 5.75 Å². The molecule has 152 valence electrons. The van der Waals surface area contributed by atoms with E-state index >= 15 is 0 Å². The lowest BCUT2D eigenvalue weighted by Gasteiger charge is -2.31. The van der Waals surface area contributed by atoms with E-state index in [2.05, 4.69) is 36.4 Å². The first-order chi connectivity index (χ1) is 14.0. The number of rotatable bonds is 10. The maximum atomic E-state index is 12.8. The minimum absolute atomic E-state index is 0.0557. The van der Waals surface area contributed by atoms with Crippen molar-refractivity contribution in [1.29, 1.82) is 0 Å². The third-order valence-electron chi connectivity index (χ3n) is 4.87. The fourth-order valence-electron chi connectivity index (χ4n) is 3.74. The molecule has 0 amide bonds. The molecule has 0 unspecified atom stereocenters. The van der Waals surface area contributed by atoms with Crippen LogP contribution in [0.25, 0.3) is 0 Å². The summed E-state index contributed by atoms with van der Waals surface area (Å²) in [5, 5.41) is 0. The summed E-state index contributed by atoms with van der Waals surface area (Å²) in [7, 11) is -6.37. The van der Waals surface area contributed by atoms with Gasteiger partial charge in [0.1, 0.15) is 0 Å². The second-order valence-corrected chi connectivity index (χ2v) is 13.1. The van der Waals surface area contributed by atoms with Gasteiger partial charge in [0.2, 0.25) is 8.32 Å². The Hall–Kier alpha value is -2.21. The van der Waals surface area contributed by atoms with Crippen LogP contribution in [0.2, 0.25) is 0 Å². The Balaban J connectivity index is 2.04. The van der Waals surface area contributed by atoms with E-state index in [9.17, 15) is 8.42 Å². The van der Waals surface area contributed by atoms with Gasteiger partial charge in [0.15, 0.2) is 0 Å². The van der Waals surface area contributed by atoms with Crippen molar-refractivity contribution in [2.75, 3.05) is 5.75 Å². The van der Waals surface area contributed by atoms with Crippen LogP contribution in [0.3, 0.4) is 0 Å². The van der Waals surface area contributed by atoms with Crippen molar-refractivity contribution < 1.29 is 12.3 Å². The Morgan fingerprint density at radius 3 is 1.31 bits per heavy atom. The lowest BCUT2D eigenvalue weighted by atomic mass is 10.2. The zero-order valence-corrected chi connectivity index (χ0v) is 18.6. The zero-order chi connectivity index (χ0) is 20.6. The monoisotopic (exact) mass is 424 g/mol. The predicted octanol–water partition coefficient (Wildman–Crippen LogP) is 5.03. The molecular weight excluding hydrogens is 396 g/mol. The highest BCUT2D eigenvalue weighted by Gasteiger charge is 2.40. The second-order valence-electron chi connectivity index (χ2n) is 7.52. The summed E-state index contributed by atoms with van der Waals surface area (Å²) in [5.74, 6) is 0.0557. The van der Waals surface area contributed by atoms with Gasteiger partial charge in [0, 0.05) is 0 Å². The maximum Gasteiger partial charge on any atom is 0.257 e. The summed E-state index contributed by atoms with van der Waals surface area (Å²) in [5.41, 5.74) is 3.37. The van der Waals surface area contributed by atoms with Gasteiger partial charge in [-0.15, -0.1) is 0 Å². The molecule has 0 radical (unpaired) electrons. The number of hydrogen-bond donors (Lipinski definition) is 0. The SMILES string of the molecule is CCCS(=O)(=O)O[Si](Cc1ccccc1)(Cc1ccccc1)Cc1ccccc1. The molecule has 0 aliphatic carbocycles. The zero-order valence-electron chi connectivity index (χ0n) is 16.8. The summed E-state index contributed by atoms with van der Waals surface area (Å²) in [6.45, 7) is 1.87. The quantitative estimate of drug-likeness (QED) is 0.429. The van der Waals surface area contributed by atoms with E-state index in [1.54, 1.807) is 0 Å². The van der Waals surface area contributed by atoms with E-state index in [0.29, 0.717) is 24.6 Å². The molecule has 0 bridgehead atoms. The van der Waals surface area contributed by atoms with Crippen molar-refractivity contribution in [2.45, 2.75) is 31.5 Å². The first-order valence-electron chi connectivity index (χ1n) is 10.1. The summed E-state index contributed by atoms with van der Waals surface area (Å²) < 4.78 is 31.8. The van der Waals surface area contributed by atoms with Crippen LogP contribution in [-0.4, -0.2) is 22.5 Å². The van der Waals surface area contributed by atoms with Crippen LogP contribution in [0.5, 0.6) is 0 Å².